The minimum absolute atomic E-state index is 0.0301. The number of halogens is 1. The summed E-state index contributed by atoms with van der Waals surface area (Å²) in [6.07, 6.45) is -0.0372. The quantitative estimate of drug-likeness (QED) is 0.480. The number of hydrogen-bond acceptors (Lipinski definition) is 6. The van der Waals surface area contributed by atoms with Crippen LogP contribution in [0.2, 0.25) is 0 Å². The van der Waals surface area contributed by atoms with Gasteiger partial charge < -0.3 is 29.7 Å². The Hall–Kier alpha value is -4.60. The Morgan fingerprint density at radius 3 is 2.64 bits per heavy atom. The zero-order chi connectivity index (χ0) is 29.8. The molecule has 2 atom stereocenters. The zero-order valence-corrected chi connectivity index (χ0v) is 23.8. The number of nitrogens with one attached hydrogen (secondary N) is 2. The van der Waals surface area contributed by atoms with Gasteiger partial charge in [0.2, 0.25) is 5.91 Å². The van der Waals surface area contributed by atoms with E-state index in [9.17, 15) is 14.4 Å². The molecule has 0 spiro atoms. The topological polar surface area (TPSA) is 106 Å². The van der Waals surface area contributed by atoms with E-state index in [2.05, 4.69) is 10.6 Å². The number of carbonyl (C=O) groups excluding carboxylic acids is 3. The Balaban J connectivity index is 1.52. The number of carbonyl (C=O) groups is 3. The second-order valence-corrected chi connectivity index (χ2v) is 10.7. The molecule has 3 aliphatic rings. The van der Waals surface area contributed by atoms with Crippen molar-refractivity contribution in [2.45, 2.75) is 39.0 Å². The Kier molecular flexibility index (Phi) is 8.61. The van der Waals surface area contributed by atoms with Crippen LogP contribution in [0.15, 0.2) is 60.7 Å². The summed E-state index contributed by atoms with van der Waals surface area (Å²) in [5.74, 6) is -0.379. The lowest BCUT2D eigenvalue weighted by Crippen LogP contribution is -2.58. The van der Waals surface area contributed by atoms with E-state index in [-0.39, 0.29) is 43.0 Å². The minimum Gasteiger partial charge on any atom is -0.496 e. The maximum Gasteiger partial charge on any atom is 0.258 e. The van der Waals surface area contributed by atoms with Crippen molar-refractivity contribution in [1.29, 1.82) is 0 Å². The summed E-state index contributed by atoms with van der Waals surface area (Å²) < 4.78 is 32.6. The number of ether oxygens (including phenoxy) is 3. The molecule has 3 heterocycles. The first-order valence-electron chi connectivity index (χ1n) is 13.9. The highest BCUT2D eigenvalue weighted by Gasteiger charge is 2.35. The van der Waals surface area contributed by atoms with Crippen molar-refractivity contribution in [3.8, 4) is 28.4 Å². The number of amides is 3. The van der Waals surface area contributed by atoms with Crippen molar-refractivity contribution >= 4 is 17.7 Å². The number of nitrogens with zero attached hydrogens (tertiary/aromatic N) is 1. The van der Waals surface area contributed by atoms with Crippen LogP contribution in [-0.2, 0) is 16.1 Å². The molecular formula is C32H34FN3O6. The summed E-state index contributed by atoms with van der Waals surface area (Å²) in [5.41, 5.74) is 1.90. The van der Waals surface area contributed by atoms with Gasteiger partial charge in [-0.05, 0) is 47.5 Å². The first kappa shape index (κ1) is 28.9. The van der Waals surface area contributed by atoms with Crippen molar-refractivity contribution < 1.29 is 33.0 Å². The Bertz CT molecular complexity index is 1490. The molecule has 220 valence electrons. The highest BCUT2D eigenvalue weighted by atomic mass is 19.1. The number of benzene rings is 3. The third-order valence-electron chi connectivity index (χ3n) is 7.44. The van der Waals surface area contributed by atoms with Crippen molar-refractivity contribution in [2.75, 3.05) is 26.8 Å². The molecule has 0 radical (unpaired) electrons. The smallest absolute Gasteiger partial charge is 0.258 e. The van der Waals surface area contributed by atoms with Crippen LogP contribution in [0.1, 0.15) is 36.2 Å². The third-order valence-corrected chi connectivity index (χ3v) is 7.44. The minimum atomic E-state index is -0.675. The van der Waals surface area contributed by atoms with Gasteiger partial charge in [-0.25, -0.2) is 4.39 Å². The number of hydrogen-bond donors (Lipinski definition) is 2. The molecule has 10 heteroatoms. The molecular weight excluding hydrogens is 541 g/mol. The lowest BCUT2D eigenvalue weighted by molar-refractivity contribution is -0.137. The number of likely N-dealkylation sites (tertiary alicyclic amines) is 1. The fourth-order valence-corrected chi connectivity index (χ4v) is 5.18. The first-order chi connectivity index (χ1) is 20.2. The summed E-state index contributed by atoms with van der Waals surface area (Å²) in [4.78, 5) is 40.6. The maximum atomic E-state index is 15.0. The lowest BCUT2D eigenvalue weighted by atomic mass is 9.98. The standard InChI is InChI=1S/C32H34FN3O6/c1-19(2)32(39)36-12-11-28-27(17-36)35-31(38)25-14-21(8-10-26(25)33)20-5-4-6-23(13-20)41-18-30(37)34-16-22-7-9-24(42-28)15-29(22)40-3/h4-10,13-15,19,27-28H,11-12,16-18H2,1-3H3,(H,34,37)(H,35,38)/t27-,28+/m1/s1. The van der Waals surface area contributed by atoms with Crippen molar-refractivity contribution in [3.63, 3.8) is 0 Å². The second-order valence-electron chi connectivity index (χ2n) is 10.7. The van der Waals surface area contributed by atoms with Crippen LogP contribution in [0.3, 0.4) is 0 Å². The van der Waals surface area contributed by atoms with E-state index >= 15 is 4.39 Å². The molecule has 42 heavy (non-hydrogen) atoms. The first-order valence-corrected chi connectivity index (χ1v) is 13.9. The summed E-state index contributed by atoms with van der Waals surface area (Å²) >= 11 is 0. The molecule has 3 aromatic carbocycles. The van der Waals surface area contributed by atoms with Crippen LogP contribution >= 0.6 is 0 Å². The molecule has 6 rings (SSSR count). The predicted molar refractivity (Wildman–Crippen MR) is 154 cm³/mol. The van der Waals surface area contributed by atoms with Crippen LogP contribution in [0.5, 0.6) is 17.2 Å². The molecule has 0 unspecified atom stereocenters. The Labute approximate surface area is 243 Å². The maximum absolute atomic E-state index is 15.0. The lowest BCUT2D eigenvalue weighted by Gasteiger charge is -2.39. The van der Waals surface area contributed by atoms with E-state index in [1.54, 1.807) is 47.4 Å². The van der Waals surface area contributed by atoms with Crippen LogP contribution in [-0.4, -0.2) is 61.6 Å². The van der Waals surface area contributed by atoms with E-state index in [0.29, 0.717) is 41.3 Å². The fourth-order valence-electron chi connectivity index (χ4n) is 5.18. The highest BCUT2D eigenvalue weighted by molar-refractivity contribution is 5.96. The molecule has 3 aromatic rings. The monoisotopic (exact) mass is 575 g/mol. The van der Waals surface area contributed by atoms with Gasteiger partial charge in [-0.2, -0.15) is 0 Å². The molecule has 3 aliphatic heterocycles. The van der Waals surface area contributed by atoms with Crippen LogP contribution < -0.4 is 24.8 Å². The van der Waals surface area contributed by atoms with Gasteiger partial charge in [0.05, 0.1) is 18.7 Å². The molecule has 6 bridgehead atoms. The number of piperidine rings is 1. The molecule has 2 N–H and O–H groups in total. The fraction of sp³-hybridized carbons (Fsp3) is 0.344. The average molecular weight is 576 g/mol. The average Bonchev–Trinajstić information content (AvgIpc) is 2.99. The van der Waals surface area contributed by atoms with E-state index in [1.165, 1.54) is 19.2 Å². The van der Waals surface area contributed by atoms with E-state index < -0.39 is 23.9 Å². The summed E-state index contributed by atoms with van der Waals surface area (Å²) in [5, 5.41) is 5.78. The van der Waals surface area contributed by atoms with Gasteiger partial charge in [-0.3, -0.25) is 14.4 Å². The van der Waals surface area contributed by atoms with Gasteiger partial charge >= 0.3 is 0 Å². The summed E-state index contributed by atoms with van der Waals surface area (Å²) in [6.45, 7) is 4.35. The molecule has 9 nitrogen and oxygen atoms in total. The zero-order valence-electron chi connectivity index (χ0n) is 23.8. The Morgan fingerprint density at radius 1 is 1.05 bits per heavy atom. The Morgan fingerprint density at radius 2 is 1.86 bits per heavy atom. The summed E-state index contributed by atoms with van der Waals surface area (Å²) in [7, 11) is 1.53. The van der Waals surface area contributed by atoms with Gasteiger partial charge in [0, 0.05) is 43.6 Å². The van der Waals surface area contributed by atoms with E-state index in [4.69, 9.17) is 14.2 Å². The molecule has 0 aromatic heterocycles. The number of rotatable bonds is 2. The molecule has 1 saturated heterocycles. The van der Waals surface area contributed by atoms with Crippen molar-refractivity contribution in [3.05, 3.63) is 77.6 Å². The summed E-state index contributed by atoms with van der Waals surface area (Å²) in [6, 6.07) is 16.0. The third kappa shape index (κ3) is 6.48. The molecule has 0 saturated carbocycles. The largest absolute Gasteiger partial charge is 0.496 e. The normalized spacial score (nSPS) is 19.1. The SMILES string of the molecule is COc1cc2ccc1CNC(=O)COc1cccc(c1)-c1ccc(F)c(c1)C(=O)N[C@@H]1CN(C(=O)C(C)C)CC[C@@H]1O2. The van der Waals surface area contributed by atoms with Crippen LogP contribution in [0, 0.1) is 11.7 Å². The van der Waals surface area contributed by atoms with Gasteiger partial charge in [0.1, 0.15) is 29.2 Å². The van der Waals surface area contributed by atoms with Crippen LogP contribution in [0.4, 0.5) is 4.39 Å². The van der Waals surface area contributed by atoms with Crippen molar-refractivity contribution in [1.82, 2.24) is 15.5 Å². The van der Waals surface area contributed by atoms with E-state index in [0.717, 1.165) is 5.56 Å². The molecule has 0 aliphatic carbocycles. The van der Waals surface area contributed by atoms with Gasteiger partial charge in [-0.1, -0.05) is 32.0 Å². The number of methoxy groups -OCH3 is 1. The molecule has 3 amide bonds. The van der Waals surface area contributed by atoms with E-state index in [1.807, 2.05) is 19.9 Å². The molecule has 1 fully saturated rings. The van der Waals surface area contributed by atoms with Gasteiger partial charge in [0.25, 0.3) is 11.8 Å². The predicted octanol–water partition coefficient (Wildman–Crippen LogP) is 3.94. The van der Waals surface area contributed by atoms with Gasteiger partial charge in [0.15, 0.2) is 6.61 Å². The highest BCUT2D eigenvalue weighted by Crippen LogP contribution is 2.29. The number of fused-ring (bicyclic) bond motifs is 7. The van der Waals surface area contributed by atoms with Crippen molar-refractivity contribution in [2.24, 2.45) is 5.92 Å². The second kappa shape index (κ2) is 12.5. The van der Waals surface area contributed by atoms with Gasteiger partial charge in [-0.15, -0.1) is 0 Å². The van der Waals surface area contributed by atoms with Crippen LogP contribution in [0.25, 0.3) is 11.1 Å².